The van der Waals surface area contributed by atoms with Crippen LogP contribution in [0.5, 0.6) is 0 Å². The molecule has 25 nitrogen and oxygen atoms in total. The van der Waals surface area contributed by atoms with Crippen LogP contribution in [0.3, 0.4) is 0 Å². The highest BCUT2D eigenvalue weighted by Gasteiger charge is 2.40. The van der Waals surface area contributed by atoms with Gasteiger partial charge in [0.25, 0.3) is 0 Å². The number of nitrogens with two attached hydrogens (primary N) is 3. The number of carbonyl (C=O) groups is 10. The number of aliphatic hydroxyl groups is 1. The third kappa shape index (κ3) is 23.8. The van der Waals surface area contributed by atoms with Crippen molar-refractivity contribution in [3.8, 4) is 0 Å². The van der Waals surface area contributed by atoms with Gasteiger partial charge in [0.1, 0.15) is 48.3 Å². The molecule has 1 aliphatic heterocycles. The molecule has 0 spiro atoms. The largest absolute Gasteiger partial charge is 0.481 e. The number of nitrogens with one attached hydrogen (secondary N) is 7. The molecule has 26 heteroatoms. The third-order valence-electron chi connectivity index (χ3n) is 11.2. The molecular weight excluding hydrogens is 949 g/mol. The summed E-state index contributed by atoms with van der Waals surface area (Å²) in [6.07, 6.45) is 2.16. The van der Waals surface area contributed by atoms with Gasteiger partial charge in [-0.25, -0.2) is 0 Å². The molecule has 1 heterocycles. The van der Waals surface area contributed by atoms with E-state index in [0.29, 0.717) is 18.6 Å². The Morgan fingerprint density at radius 1 is 0.634 bits per heavy atom. The number of aliphatic imine (C=N–C) groups is 1. The first kappa shape index (κ1) is 63.3. The van der Waals surface area contributed by atoms with E-state index in [-0.39, 0.29) is 75.3 Å². The topological polar surface area (TPSA) is 409 Å². The Morgan fingerprint density at radius 2 is 1.08 bits per heavy atom. The van der Waals surface area contributed by atoms with Crippen LogP contribution in [0.15, 0.2) is 4.99 Å². The van der Waals surface area contributed by atoms with Crippen molar-refractivity contribution in [1.82, 2.24) is 42.1 Å². The molecule has 0 aromatic heterocycles. The van der Waals surface area contributed by atoms with Crippen LogP contribution in [0.1, 0.15) is 113 Å². The summed E-state index contributed by atoms with van der Waals surface area (Å²) < 4.78 is 0. The van der Waals surface area contributed by atoms with Gasteiger partial charge in [-0.15, -0.1) is 0 Å². The van der Waals surface area contributed by atoms with Gasteiger partial charge in [-0.2, -0.15) is 11.8 Å². The van der Waals surface area contributed by atoms with Crippen molar-refractivity contribution in [2.24, 2.45) is 39.9 Å². The van der Waals surface area contributed by atoms with E-state index in [2.05, 4.69) is 42.2 Å². The van der Waals surface area contributed by atoms with Crippen LogP contribution in [0.2, 0.25) is 0 Å². The molecular formula is C45H80N12O13S. The Morgan fingerprint density at radius 3 is 1.54 bits per heavy atom. The number of guanidine groups is 1. The average Bonchev–Trinajstić information content (AvgIpc) is 3.78. The molecule has 1 aliphatic rings. The Labute approximate surface area is 419 Å². The average molecular weight is 1030 g/mol. The smallest absolute Gasteiger partial charge is 0.325 e. The number of nitrogens with zero attached hydrogens (tertiary/aromatic N) is 2. The van der Waals surface area contributed by atoms with Crippen molar-refractivity contribution in [3.63, 3.8) is 0 Å². The summed E-state index contributed by atoms with van der Waals surface area (Å²) in [7, 11) is 0. The van der Waals surface area contributed by atoms with Crippen LogP contribution < -0.4 is 54.4 Å². The normalized spacial score (nSPS) is 16.8. The number of thioether (sulfide) groups is 1. The van der Waals surface area contributed by atoms with Gasteiger partial charge in [0.2, 0.25) is 47.3 Å². The van der Waals surface area contributed by atoms with Gasteiger partial charge in [-0.05, 0) is 94.5 Å². The van der Waals surface area contributed by atoms with E-state index in [1.54, 1.807) is 13.8 Å². The van der Waals surface area contributed by atoms with E-state index in [4.69, 9.17) is 17.2 Å². The van der Waals surface area contributed by atoms with Gasteiger partial charge in [0.05, 0.1) is 12.6 Å². The number of likely N-dealkylation sites (tertiary alicyclic amines) is 1. The van der Waals surface area contributed by atoms with Gasteiger partial charge in [-0.1, -0.05) is 41.5 Å². The summed E-state index contributed by atoms with van der Waals surface area (Å²) in [6, 6.07) is -11.5. The number of carbonyl (C=O) groups excluding carboxylic acids is 8. The van der Waals surface area contributed by atoms with E-state index in [1.807, 2.05) is 34.0 Å². The number of carboxylic acid groups (broad SMARTS) is 2. The van der Waals surface area contributed by atoms with Crippen molar-refractivity contribution in [2.75, 3.05) is 31.7 Å². The van der Waals surface area contributed by atoms with Gasteiger partial charge in [0, 0.05) is 19.5 Å². The van der Waals surface area contributed by atoms with E-state index in [9.17, 15) is 63.3 Å². The zero-order valence-electron chi connectivity index (χ0n) is 42.3. The molecule has 0 radical (unpaired) electrons. The summed E-state index contributed by atoms with van der Waals surface area (Å²) in [5, 5.41) is 46.9. The second kappa shape index (κ2) is 32.3. The van der Waals surface area contributed by atoms with Crippen LogP contribution in [0.25, 0.3) is 0 Å². The van der Waals surface area contributed by atoms with Gasteiger partial charge in [0.15, 0.2) is 5.96 Å². The van der Waals surface area contributed by atoms with Gasteiger partial charge < -0.3 is 74.6 Å². The molecule has 0 bridgehead atoms. The Balaban J connectivity index is 3.43. The highest BCUT2D eigenvalue weighted by atomic mass is 32.2. The van der Waals surface area contributed by atoms with Crippen molar-refractivity contribution in [2.45, 2.75) is 167 Å². The predicted molar refractivity (Wildman–Crippen MR) is 265 cm³/mol. The van der Waals surface area contributed by atoms with E-state index < -0.39 is 133 Å². The quantitative estimate of drug-likeness (QED) is 0.0185. The summed E-state index contributed by atoms with van der Waals surface area (Å²) in [5.74, 6) is -9.05. The first-order valence-corrected chi connectivity index (χ1v) is 25.4. The minimum atomic E-state index is -1.74. The molecule has 1 fully saturated rings. The fourth-order valence-corrected chi connectivity index (χ4v) is 7.98. The lowest BCUT2D eigenvalue weighted by molar-refractivity contribution is -0.145. The fourth-order valence-electron chi connectivity index (χ4n) is 7.49. The Hall–Kier alpha value is -5.76. The highest BCUT2D eigenvalue weighted by molar-refractivity contribution is 7.98. The van der Waals surface area contributed by atoms with Crippen molar-refractivity contribution < 1.29 is 63.3 Å². The first-order chi connectivity index (χ1) is 33.2. The predicted octanol–water partition coefficient (Wildman–Crippen LogP) is -2.40. The Bertz CT molecular complexity index is 1850. The lowest BCUT2D eigenvalue weighted by Crippen LogP contribution is -2.61. The molecule has 8 amide bonds. The minimum Gasteiger partial charge on any atom is -0.481 e. The molecule has 1 rings (SSSR count). The third-order valence-corrected chi connectivity index (χ3v) is 11.9. The summed E-state index contributed by atoms with van der Waals surface area (Å²) in [5.41, 5.74) is 17.1. The monoisotopic (exact) mass is 1030 g/mol. The van der Waals surface area contributed by atoms with Gasteiger partial charge >= 0.3 is 11.9 Å². The standard InChI is InChI=1S/C45H80N12O13S/c1-23(2)19-30(53-36(61)27(46)15-18-71-8)39(64)55-31(20-24(3)4)38(63)51-28(11-9-16-49-45(47)48)37(62)54-32(21-25(5)6)40(65)56-33(22-58)41(66)52-29(13-14-35(59)60)43(68)57-17-10-12-34(57)42(67)50-26(7)44(69)70/h23-34,58H,9-22,46H2,1-8H3,(H,50,67)(H,51,63)(H,52,66)(H,53,61)(H,54,62)(H,55,64)(H,56,65)(H,59,60)(H,69,70)(H4,47,48,49)/t26-,27-,28-,29-,30-,31-,32-,33-,34-/m0/s1. The van der Waals surface area contributed by atoms with Gasteiger partial charge in [-0.3, -0.25) is 52.9 Å². The van der Waals surface area contributed by atoms with E-state index in [0.717, 1.165) is 4.90 Å². The van der Waals surface area contributed by atoms with Crippen LogP contribution in [0.4, 0.5) is 0 Å². The number of carboxylic acids is 2. The molecule has 0 aliphatic carbocycles. The number of aliphatic hydroxyl groups excluding tert-OH is 1. The Kier molecular flexibility index (Phi) is 28.7. The minimum absolute atomic E-state index is 0.0133. The number of amides is 8. The molecule has 9 atom stereocenters. The summed E-state index contributed by atoms with van der Waals surface area (Å²) >= 11 is 1.52. The number of rotatable bonds is 33. The molecule has 404 valence electrons. The van der Waals surface area contributed by atoms with Crippen LogP contribution in [-0.4, -0.2) is 171 Å². The summed E-state index contributed by atoms with van der Waals surface area (Å²) in [6.45, 7) is 11.2. The van der Waals surface area contributed by atoms with Crippen LogP contribution in [0, 0.1) is 17.8 Å². The van der Waals surface area contributed by atoms with Crippen molar-refractivity contribution in [3.05, 3.63) is 0 Å². The number of aliphatic carboxylic acids is 2. The highest BCUT2D eigenvalue weighted by Crippen LogP contribution is 2.20. The molecule has 0 unspecified atom stereocenters. The first-order valence-electron chi connectivity index (χ1n) is 24.0. The molecule has 0 saturated carbocycles. The lowest BCUT2D eigenvalue weighted by Gasteiger charge is -2.30. The van der Waals surface area contributed by atoms with Crippen molar-refractivity contribution in [1.29, 1.82) is 0 Å². The maximum atomic E-state index is 14.2. The molecule has 71 heavy (non-hydrogen) atoms. The number of hydrogen-bond donors (Lipinski definition) is 13. The van der Waals surface area contributed by atoms with E-state index in [1.165, 1.54) is 18.7 Å². The zero-order chi connectivity index (χ0) is 54.1. The van der Waals surface area contributed by atoms with Crippen molar-refractivity contribution >= 4 is 76.9 Å². The second-order valence-corrected chi connectivity index (χ2v) is 20.0. The second-order valence-electron chi connectivity index (χ2n) is 19.0. The number of hydrogen-bond acceptors (Lipinski definition) is 14. The molecule has 16 N–H and O–H groups in total. The molecule has 0 aromatic carbocycles. The molecule has 0 aromatic rings. The maximum absolute atomic E-state index is 14.2. The fraction of sp³-hybridized carbons (Fsp3) is 0.756. The molecule has 1 saturated heterocycles. The lowest BCUT2D eigenvalue weighted by atomic mass is 9.99. The zero-order valence-corrected chi connectivity index (χ0v) is 43.1. The SMILES string of the molecule is CSCC[C@H](N)C(=O)N[C@@H](CC(C)C)C(=O)N[C@@H](CC(C)C)C(=O)N[C@@H](CCCN=C(N)N)C(=O)N[C@@H](CC(C)C)C(=O)N[C@@H](CO)C(=O)N[C@@H](CCC(=O)O)C(=O)N1CCC[C@H]1C(=O)N[C@@H](C)C(=O)O. The maximum Gasteiger partial charge on any atom is 0.325 e. The van der Waals surface area contributed by atoms with Crippen LogP contribution >= 0.6 is 11.8 Å². The summed E-state index contributed by atoms with van der Waals surface area (Å²) in [4.78, 5) is 137. The van der Waals surface area contributed by atoms with E-state index >= 15 is 0 Å². The van der Waals surface area contributed by atoms with Crippen LogP contribution in [-0.2, 0) is 47.9 Å².